The van der Waals surface area contributed by atoms with E-state index in [9.17, 15) is 17.6 Å². The smallest absolute Gasteiger partial charge is 0.419 e. The van der Waals surface area contributed by atoms with E-state index >= 15 is 0 Å². The summed E-state index contributed by atoms with van der Waals surface area (Å²) in [5.74, 6) is 1.27. The Morgan fingerprint density at radius 2 is 1.35 bits per heavy atom. The Morgan fingerprint density at radius 1 is 0.729 bits per heavy atom. The van der Waals surface area contributed by atoms with Gasteiger partial charge in [0, 0.05) is 30.4 Å². The van der Waals surface area contributed by atoms with Gasteiger partial charge in [-0.05, 0) is 105 Å². The predicted molar refractivity (Wildman–Crippen MR) is 179 cm³/mol. The molecule has 10 heteroatoms. The number of hydrogen-bond donors (Lipinski definition) is 0. The van der Waals surface area contributed by atoms with Gasteiger partial charge in [-0.2, -0.15) is 13.2 Å². The van der Waals surface area contributed by atoms with Crippen LogP contribution in [0.3, 0.4) is 0 Å². The minimum Gasteiger partial charge on any atom is -0.494 e. The van der Waals surface area contributed by atoms with Gasteiger partial charge in [0.2, 0.25) is 0 Å². The highest BCUT2D eigenvalue weighted by Crippen LogP contribution is 2.35. The lowest BCUT2D eigenvalue weighted by Gasteiger charge is -2.17. The molecule has 4 aromatic carbocycles. The summed E-state index contributed by atoms with van der Waals surface area (Å²) in [5, 5.41) is 0. The number of nitrogens with zero attached hydrogens (tertiary/aromatic N) is 3. The average Bonchev–Trinajstić information content (AvgIpc) is 3.52. The van der Waals surface area contributed by atoms with Gasteiger partial charge in [-0.15, -0.1) is 0 Å². The minimum absolute atomic E-state index is 0.114. The summed E-state index contributed by atoms with van der Waals surface area (Å²) in [7, 11) is 0. The van der Waals surface area contributed by atoms with E-state index in [1.807, 2.05) is 65.4 Å². The van der Waals surface area contributed by atoms with Crippen LogP contribution in [0.5, 0.6) is 23.0 Å². The molecule has 5 aromatic rings. The number of alkyl halides is 3. The zero-order valence-corrected chi connectivity index (χ0v) is 27.1. The average molecular weight is 662 g/mol. The Morgan fingerprint density at radius 3 is 2.02 bits per heavy atom. The monoisotopic (exact) mass is 661 g/mol. The third kappa shape index (κ3) is 9.38. The van der Waals surface area contributed by atoms with Gasteiger partial charge in [-0.1, -0.05) is 32.0 Å². The number of para-hydroxylation sites is 1. The van der Waals surface area contributed by atoms with Gasteiger partial charge in [-0.3, -0.25) is 0 Å². The van der Waals surface area contributed by atoms with Crippen LogP contribution in [-0.2, 0) is 12.6 Å². The van der Waals surface area contributed by atoms with Crippen molar-refractivity contribution < 1.29 is 31.8 Å². The van der Waals surface area contributed by atoms with Crippen LogP contribution < -0.4 is 14.2 Å². The number of aryl methyl sites for hydroxylation is 1. The summed E-state index contributed by atoms with van der Waals surface area (Å²) in [5.41, 5.74) is 1.14. The summed E-state index contributed by atoms with van der Waals surface area (Å²) in [4.78, 5) is 7.33. The van der Waals surface area contributed by atoms with Crippen LogP contribution in [0.25, 0.3) is 16.9 Å². The normalized spacial score (nSPS) is 11.6. The van der Waals surface area contributed by atoms with E-state index in [4.69, 9.17) is 19.2 Å². The van der Waals surface area contributed by atoms with E-state index in [0.29, 0.717) is 31.5 Å². The summed E-state index contributed by atoms with van der Waals surface area (Å²) in [6.07, 6.45) is -0.562. The fourth-order valence-electron chi connectivity index (χ4n) is 5.23. The second-order valence-corrected chi connectivity index (χ2v) is 11.2. The van der Waals surface area contributed by atoms with Gasteiger partial charge in [0.15, 0.2) is 0 Å². The van der Waals surface area contributed by atoms with E-state index in [2.05, 4.69) is 18.7 Å². The molecule has 0 amide bonds. The van der Waals surface area contributed by atoms with Crippen molar-refractivity contribution in [2.75, 3.05) is 32.8 Å². The Bertz CT molecular complexity index is 1720. The minimum atomic E-state index is -4.83. The highest BCUT2D eigenvalue weighted by Gasteiger charge is 2.34. The Labute approximate surface area is 278 Å². The van der Waals surface area contributed by atoms with Gasteiger partial charge in [-0.25, -0.2) is 9.37 Å². The lowest BCUT2D eigenvalue weighted by atomic mass is 10.1. The van der Waals surface area contributed by atoms with Crippen molar-refractivity contribution in [1.29, 1.82) is 0 Å². The topological polar surface area (TPSA) is 48.8 Å². The molecule has 0 atom stereocenters. The molecule has 0 unspecified atom stereocenters. The summed E-state index contributed by atoms with van der Waals surface area (Å²) >= 11 is 0. The quantitative estimate of drug-likeness (QED) is 0.0779. The lowest BCUT2D eigenvalue weighted by molar-refractivity contribution is -0.140. The molecule has 0 fully saturated rings. The maximum Gasteiger partial charge on any atom is 0.419 e. The van der Waals surface area contributed by atoms with Crippen LogP contribution in [0, 0.1) is 5.82 Å². The summed E-state index contributed by atoms with van der Waals surface area (Å²) in [6, 6.07) is 27.0. The summed E-state index contributed by atoms with van der Waals surface area (Å²) in [6.45, 7) is 8.53. The first kappa shape index (κ1) is 34.5. The molecule has 0 aliphatic heterocycles. The molecule has 6 nitrogen and oxygen atoms in total. The third-order valence-corrected chi connectivity index (χ3v) is 7.86. The molecule has 1 heterocycles. The lowest BCUT2D eigenvalue weighted by Crippen LogP contribution is -2.25. The molecule has 0 saturated carbocycles. The molecule has 0 aliphatic rings. The number of hydrogen-bond acceptors (Lipinski definition) is 5. The molecule has 0 bridgehead atoms. The first-order chi connectivity index (χ1) is 23.2. The molecular formula is C38H39F4N3O3. The molecule has 48 heavy (non-hydrogen) atoms. The van der Waals surface area contributed by atoms with Gasteiger partial charge < -0.3 is 23.7 Å². The van der Waals surface area contributed by atoms with Crippen LogP contribution >= 0.6 is 0 Å². The fourth-order valence-corrected chi connectivity index (χ4v) is 5.23. The molecular weight excluding hydrogens is 622 g/mol. The van der Waals surface area contributed by atoms with Gasteiger partial charge in [0.25, 0.3) is 0 Å². The van der Waals surface area contributed by atoms with Crippen molar-refractivity contribution >= 4 is 0 Å². The van der Waals surface area contributed by atoms with Gasteiger partial charge in [0.1, 0.15) is 34.6 Å². The van der Waals surface area contributed by atoms with E-state index in [-0.39, 0.29) is 5.75 Å². The fraction of sp³-hybridized carbons (Fsp3) is 0.289. The Kier molecular flexibility index (Phi) is 11.7. The molecule has 5 rings (SSSR count). The van der Waals surface area contributed by atoms with Gasteiger partial charge in [0.05, 0.1) is 24.5 Å². The van der Waals surface area contributed by atoms with Gasteiger partial charge >= 0.3 is 6.18 Å². The van der Waals surface area contributed by atoms with Crippen LogP contribution in [0.1, 0.15) is 38.1 Å². The molecule has 0 saturated heterocycles. The highest BCUT2D eigenvalue weighted by atomic mass is 19.4. The van der Waals surface area contributed by atoms with Crippen molar-refractivity contribution in [2.24, 2.45) is 0 Å². The highest BCUT2D eigenvalue weighted by molar-refractivity contribution is 5.61. The number of ether oxygens (including phenoxy) is 3. The largest absolute Gasteiger partial charge is 0.494 e. The van der Waals surface area contributed by atoms with Crippen LogP contribution in [0.2, 0.25) is 0 Å². The number of aromatic nitrogens is 2. The first-order valence-electron chi connectivity index (χ1n) is 16.1. The summed E-state index contributed by atoms with van der Waals surface area (Å²) < 4.78 is 72.7. The number of halogens is 4. The standard InChI is InChI=1S/C38H39F4N3O3/c1-3-44(4-2)23-9-25-47-31-17-13-28(14-18-31)36-27-45(37(43-36)12-8-24-46-30-10-6-5-7-11-30)29-15-19-32(20-16-29)48-33-21-22-35(39)34(26-33)38(40,41)42/h5-7,10-11,13-22,26-27H,3-4,8-9,12,23-25H2,1-2H3. The number of benzene rings is 4. The zero-order chi connectivity index (χ0) is 33.9. The molecule has 1 aromatic heterocycles. The van der Waals surface area contributed by atoms with Crippen molar-refractivity contribution in [1.82, 2.24) is 14.5 Å². The SMILES string of the molecule is CCN(CC)CCCOc1ccc(-c2cn(-c3ccc(Oc4ccc(F)c(C(F)(F)F)c4)cc3)c(CCCOc3ccccc3)n2)cc1. The third-order valence-electron chi connectivity index (χ3n) is 7.86. The molecule has 0 radical (unpaired) electrons. The molecule has 0 spiro atoms. The maximum absolute atomic E-state index is 13.7. The maximum atomic E-state index is 13.7. The van der Waals surface area contributed by atoms with Crippen LogP contribution in [0.4, 0.5) is 17.6 Å². The Balaban J connectivity index is 1.30. The number of imidazole rings is 1. The van der Waals surface area contributed by atoms with E-state index < -0.39 is 17.6 Å². The van der Waals surface area contributed by atoms with E-state index in [1.54, 1.807) is 24.3 Å². The van der Waals surface area contributed by atoms with Crippen molar-refractivity contribution in [3.8, 4) is 39.9 Å². The molecule has 0 aliphatic carbocycles. The number of rotatable bonds is 16. The predicted octanol–water partition coefficient (Wildman–Crippen LogP) is 9.61. The van der Waals surface area contributed by atoms with E-state index in [1.165, 1.54) is 6.07 Å². The van der Waals surface area contributed by atoms with Crippen molar-refractivity contribution in [2.45, 2.75) is 39.3 Å². The zero-order valence-electron chi connectivity index (χ0n) is 27.1. The second kappa shape index (κ2) is 16.3. The first-order valence-corrected chi connectivity index (χ1v) is 16.1. The van der Waals surface area contributed by atoms with E-state index in [0.717, 1.165) is 72.8 Å². The molecule has 0 N–H and O–H groups in total. The van der Waals surface area contributed by atoms with Crippen LogP contribution in [-0.4, -0.2) is 47.3 Å². The molecule has 252 valence electrons. The van der Waals surface area contributed by atoms with Crippen LogP contribution in [0.15, 0.2) is 103 Å². The Hall–Kier alpha value is -4.83. The van der Waals surface area contributed by atoms with Crippen molar-refractivity contribution in [3.05, 3.63) is 120 Å². The second-order valence-electron chi connectivity index (χ2n) is 11.2. The van der Waals surface area contributed by atoms with Crippen molar-refractivity contribution in [3.63, 3.8) is 0 Å².